The number of imidazole rings is 1. The van der Waals surface area contributed by atoms with Crippen LogP contribution < -0.4 is 11.5 Å². The average molecular weight is 204 g/mol. The lowest BCUT2D eigenvalue weighted by atomic mass is 9.62. The molecule has 2 rings (SSSR count). The standard InChI is InChI=1S/C10H17BN4/c1-10(11)6-4-5-7-8(10)15(12)9(13-2)14(7)3/h4-6,12H2,1-3H3. The van der Waals surface area contributed by atoms with Crippen LogP contribution in [-0.2, 0) is 18.8 Å². The molecule has 2 N–H and O–H groups in total. The van der Waals surface area contributed by atoms with Gasteiger partial charge >= 0.3 is 0 Å². The summed E-state index contributed by atoms with van der Waals surface area (Å²) in [5, 5.41) is -0.330. The van der Waals surface area contributed by atoms with Gasteiger partial charge in [-0.15, -0.1) is 0 Å². The number of nitrogen functional groups attached to an aromatic ring is 1. The first kappa shape index (κ1) is 10.4. The second-order valence-corrected chi connectivity index (χ2v) is 4.52. The van der Waals surface area contributed by atoms with Crippen LogP contribution in [0.3, 0.4) is 0 Å². The van der Waals surface area contributed by atoms with Crippen LogP contribution in [0.5, 0.6) is 0 Å². The van der Waals surface area contributed by atoms with E-state index in [0.717, 1.165) is 30.6 Å². The first-order valence-corrected chi connectivity index (χ1v) is 5.27. The molecule has 1 aromatic heterocycles. The Kier molecular flexibility index (Phi) is 2.21. The lowest BCUT2D eigenvalue weighted by molar-refractivity contribution is 0.500. The summed E-state index contributed by atoms with van der Waals surface area (Å²) in [5.41, 5.74) is 3.02. The molecule has 1 aromatic rings. The highest BCUT2D eigenvalue weighted by atomic mass is 15.4. The van der Waals surface area contributed by atoms with E-state index in [4.69, 9.17) is 13.7 Å². The van der Waals surface area contributed by atoms with Crippen molar-refractivity contribution in [3.8, 4) is 0 Å². The van der Waals surface area contributed by atoms with Gasteiger partial charge in [-0.25, -0.2) is 4.68 Å². The molecule has 1 aliphatic rings. The molecule has 0 aromatic carbocycles. The highest BCUT2D eigenvalue weighted by Crippen LogP contribution is 2.32. The van der Waals surface area contributed by atoms with E-state index in [9.17, 15) is 0 Å². The largest absolute Gasteiger partial charge is 0.336 e. The Hall–Kier alpha value is -1.13. The SMILES string of the molecule is [B]C1(C)CCCc2c1n(N)c(=NC)n2C. The number of nitrogens with zero attached hydrogens (tertiary/aromatic N) is 3. The maximum Gasteiger partial charge on any atom is 0.223 e. The van der Waals surface area contributed by atoms with Gasteiger partial charge in [-0.05, 0) is 24.6 Å². The molecule has 0 spiro atoms. The van der Waals surface area contributed by atoms with E-state index >= 15 is 0 Å². The van der Waals surface area contributed by atoms with E-state index < -0.39 is 0 Å². The number of fused-ring (bicyclic) bond motifs is 1. The zero-order valence-electron chi connectivity index (χ0n) is 9.62. The van der Waals surface area contributed by atoms with Crippen LogP contribution in [-0.4, -0.2) is 24.1 Å². The second-order valence-electron chi connectivity index (χ2n) is 4.52. The summed E-state index contributed by atoms with van der Waals surface area (Å²) in [6.45, 7) is 2.04. The summed E-state index contributed by atoms with van der Waals surface area (Å²) in [7, 11) is 10.0. The number of aromatic nitrogens is 2. The third kappa shape index (κ3) is 1.33. The Morgan fingerprint density at radius 2 is 2.20 bits per heavy atom. The molecule has 1 heterocycles. The third-order valence-corrected chi connectivity index (χ3v) is 3.29. The summed E-state index contributed by atoms with van der Waals surface area (Å²) in [6.07, 6.45) is 3.12. The predicted octanol–water partition coefficient (Wildman–Crippen LogP) is -0.209. The molecule has 0 aliphatic heterocycles. The van der Waals surface area contributed by atoms with Gasteiger partial charge in [0.1, 0.15) is 0 Å². The summed E-state index contributed by atoms with van der Waals surface area (Å²) in [4.78, 5) is 4.19. The predicted molar refractivity (Wildman–Crippen MR) is 61.1 cm³/mol. The average Bonchev–Trinajstić information content (AvgIpc) is 2.39. The van der Waals surface area contributed by atoms with Crippen LogP contribution >= 0.6 is 0 Å². The molecule has 0 saturated heterocycles. The van der Waals surface area contributed by atoms with Gasteiger partial charge in [0.05, 0.1) is 13.5 Å². The van der Waals surface area contributed by atoms with Crippen molar-refractivity contribution >= 4 is 7.85 Å². The van der Waals surface area contributed by atoms with Gasteiger partial charge in [-0.3, -0.25) is 4.99 Å². The van der Waals surface area contributed by atoms with Gasteiger partial charge in [0.25, 0.3) is 0 Å². The fraction of sp³-hybridized carbons (Fsp3) is 0.700. The van der Waals surface area contributed by atoms with Crippen LogP contribution in [0.1, 0.15) is 31.2 Å². The van der Waals surface area contributed by atoms with Crippen molar-refractivity contribution < 1.29 is 0 Å². The monoisotopic (exact) mass is 204 g/mol. The van der Waals surface area contributed by atoms with E-state index in [1.807, 2.05) is 18.5 Å². The number of hydrogen-bond acceptors (Lipinski definition) is 2. The van der Waals surface area contributed by atoms with Crippen molar-refractivity contribution in [2.24, 2.45) is 12.0 Å². The lowest BCUT2D eigenvalue weighted by Gasteiger charge is -2.31. The van der Waals surface area contributed by atoms with Gasteiger partial charge < -0.3 is 10.4 Å². The second kappa shape index (κ2) is 3.19. The Morgan fingerprint density at radius 3 is 2.73 bits per heavy atom. The zero-order valence-corrected chi connectivity index (χ0v) is 9.62. The van der Waals surface area contributed by atoms with Crippen molar-refractivity contribution in [3.63, 3.8) is 0 Å². The Morgan fingerprint density at radius 1 is 1.53 bits per heavy atom. The minimum atomic E-state index is -0.330. The minimum Gasteiger partial charge on any atom is -0.336 e. The molecule has 1 unspecified atom stereocenters. The van der Waals surface area contributed by atoms with Crippen LogP contribution in [0.4, 0.5) is 0 Å². The molecule has 0 bridgehead atoms. The molecular weight excluding hydrogens is 187 g/mol. The van der Waals surface area contributed by atoms with E-state index in [1.54, 1.807) is 11.7 Å². The van der Waals surface area contributed by atoms with E-state index in [1.165, 1.54) is 5.69 Å². The summed E-state index contributed by atoms with van der Waals surface area (Å²) in [6, 6.07) is 0. The highest BCUT2D eigenvalue weighted by molar-refractivity contribution is 6.15. The molecule has 0 saturated carbocycles. The third-order valence-electron chi connectivity index (χ3n) is 3.29. The first-order valence-electron chi connectivity index (χ1n) is 5.27. The molecule has 1 atom stereocenters. The van der Waals surface area contributed by atoms with E-state index in [-0.39, 0.29) is 5.31 Å². The molecule has 2 radical (unpaired) electrons. The van der Waals surface area contributed by atoms with Crippen LogP contribution in [0, 0.1) is 0 Å². The number of hydrogen-bond donors (Lipinski definition) is 1. The van der Waals surface area contributed by atoms with Crippen LogP contribution in [0.25, 0.3) is 0 Å². The Labute approximate surface area is 91.2 Å². The van der Waals surface area contributed by atoms with Crippen molar-refractivity contribution in [1.29, 1.82) is 0 Å². The topological polar surface area (TPSA) is 48.2 Å². The summed E-state index contributed by atoms with van der Waals surface area (Å²) >= 11 is 0. The molecule has 0 amide bonds. The molecule has 0 fully saturated rings. The van der Waals surface area contributed by atoms with Crippen LogP contribution in [0.15, 0.2) is 4.99 Å². The molecule has 5 heteroatoms. The molecule has 15 heavy (non-hydrogen) atoms. The summed E-state index contributed by atoms with van der Waals surface area (Å²) in [5.74, 6) is 6.03. The van der Waals surface area contributed by atoms with Crippen molar-refractivity contribution in [3.05, 3.63) is 17.0 Å². The molecule has 80 valence electrons. The minimum absolute atomic E-state index is 0.330. The molecular formula is C10H17BN4. The van der Waals surface area contributed by atoms with Gasteiger partial charge in [-0.2, -0.15) is 0 Å². The fourth-order valence-electron chi connectivity index (χ4n) is 2.57. The van der Waals surface area contributed by atoms with Crippen molar-refractivity contribution in [2.75, 3.05) is 12.9 Å². The quantitative estimate of drug-likeness (QED) is 0.461. The smallest absolute Gasteiger partial charge is 0.223 e. The summed E-state index contributed by atoms with van der Waals surface area (Å²) < 4.78 is 3.67. The van der Waals surface area contributed by atoms with Gasteiger partial charge in [0.15, 0.2) is 0 Å². The van der Waals surface area contributed by atoms with Crippen LogP contribution in [0.2, 0.25) is 0 Å². The lowest BCUT2D eigenvalue weighted by Crippen LogP contribution is -2.36. The fourth-order valence-corrected chi connectivity index (χ4v) is 2.57. The van der Waals surface area contributed by atoms with Crippen molar-refractivity contribution in [2.45, 2.75) is 31.5 Å². The van der Waals surface area contributed by atoms with Gasteiger partial charge in [0.2, 0.25) is 5.62 Å². The molecule has 1 aliphatic carbocycles. The number of rotatable bonds is 0. The van der Waals surface area contributed by atoms with Gasteiger partial charge in [0, 0.05) is 19.8 Å². The zero-order chi connectivity index (χ0) is 11.2. The molecule has 4 nitrogen and oxygen atoms in total. The first-order chi connectivity index (χ1) is 6.99. The number of nitrogens with two attached hydrogens (primary N) is 1. The van der Waals surface area contributed by atoms with Crippen molar-refractivity contribution in [1.82, 2.24) is 9.24 Å². The van der Waals surface area contributed by atoms with E-state index in [0.29, 0.717) is 0 Å². The maximum absolute atomic E-state index is 6.27. The highest BCUT2D eigenvalue weighted by Gasteiger charge is 2.32. The van der Waals surface area contributed by atoms with E-state index in [2.05, 4.69) is 4.99 Å². The maximum atomic E-state index is 6.27. The normalized spacial score (nSPS) is 26.7. The van der Waals surface area contributed by atoms with Gasteiger partial charge in [-0.1, -0.05) is 6.92 Å². The Balaban J connectivity index is 2.79. The Bertz CT molecular complexity index is 453.